The van der Waals surface area contributed by atoms with Crippen molar-refractivity contribution in [1.82, 2.24) is 0 Å². The Labute approximate surface area is 184 Å². The zero-order chi connectivity index (χ0) is 21.3. The minimum atomic E-state index is -0.486. The van der Waals surface area contributed by atoms with Crippen molar-refractivity contribution < 1.29 is 10.2 Å². The highest BCUT2D eigenvalue weighted by atomic mass is 16.3. The molecule has 170 valence electrons. The maximum absolute atomic E-state index is 10.7. The molecule has 2 nitrogen and oxygen atoms in total. The summed E-state index contributed by atoms with van der Waals surface area (Å²) < 4.78 is 0. The number of rotatable bonds is 5. The topological polar surface area (TPSA) is 40.5 Å². The summed E-state index contributed by atoms with van der Waals surface area (Å²) in [6.45, 7) is 9.72. The van der Waals surface area contributed by atoms with Gasteiger partial charge in [0.25, 0.3) is 0 Å². The molecule has 0 aromatic rings. The van der Waals surface area contributed by atoms with Gasteiger partial charge in [-0.05, 0) is 130 Å². The van der Waals surface area contributed by atoms with E-state index in [-0.39, 0.29) is 6.10 Å². The summed E-state index contributed by atoms with van der Waals surface area (Å²) in [5.41, 5.74) is 1.94. The molecule has 4 fully saturated rings. The molecule has 5 rings (SSSR count). The van der Waals surface area contributed by atoms with Crippen LogP contribution in [0.1, 0.15) is 105 Å². The molecule has 0 amide bonds. The lowest BCUT2D eigenvalue weighted by Crippen LogP contribution is -2.52. The summed E-state index contributed by atoms with van der Waals surface area (Å²) in [5.74, 6) is 4.79. The quantitative estimate of drug-likeness (QED) is 0.504. The van der Waals surface area contributed by atoms with Crippen LogP contribution >= 0.6 is 0 Å². The van der Waals surface area contributed by atoms with Crippen LogP contribution < -0.4 is 0 Å². The van der Waals surface area contributed by atoms with Crippen molar-refractivity contribution in [2.75, 3.05) is 0 Å². The summed E-state index contributed by atoms with van der Waals surface area (Å²) in [6, 6.07) is 0. The Morgan fingerprint density at radius 2 is 1.73 bits per heavy atom. The van der Waals surface area contributed by atoms with Crippen molar-refractivity contribution in [3.63, 3.8) is 0 Å². The number of allylic oxidation sites excluding steroid dienone is 1. The van der Waals surface area contributed by atoms with Crippen LogP contribution in [0.5, 0.6) is 0 Å². The summed E-state index contributed by atoms with van der Waals surface area (Å²) in [6.07, 6.45) is 17.2. The zero-order valence-electron chi connectivity index (χ0n) is 20.0. The average Bonchev–Trinajstić information content (AvgIpc) is 3.48. The Bertz CT molecular complexity index is 691. The SMILES string of the molecule is C[C@H](CC[C@@H](O)C1CC1)[C@H]1CC[C@H]2[C@@H]3CC=C4C[C@@](C)(O)CC[C@]4(C)[C@H]3CC[C@]12C. The third-order valence-electron chi connectivity index (χ3n) is 11.2. The fraction of sp³-hybridized carbons (Fsp3) is 0.929. The Hall–Kier alpha value is -0.340. The highest BCUT2D eigenvalue weighted by molar-refractivity contribution is 5.26. The maximum atomic E-state index is 10.7. The van der Waals surface area contributed by atoms with E-state index < -0.39 is 5.60 Å². The van der Waals surface area contributed by atoms with Crippen LogP contribution in [0.2, 0.25) is 0 Å². The Balaban J connectivity index is 1.31. The van der Waals surface area contributed by atoms with E-state index in [4.69, 9.17) is 0 Å². The summed E-state index contributed by atoms with van der Waals surface area (Å²) >= 11 is 0. The van der Waals surface area contributed by atoms with Crippen LogP contribution in [0.3, 0.4) is 0 Å². The minimum absolute atomic E-state index is 0.0291. The fourth-order valence-electron chi connectivity index (χ4n) is 9.13. The molecule has 5 aliphatic carbocycles. The maximum Gasteiger partial charge on any atom is 0.0657 e. The van der Waals surface area contributed by atoms with Gasteiger partial charge in [-0.1, -0.05) is 32.4 Å². The predicted octanol–water partition coefficient (Wildman–Crippen LogP) is 6.50. The van der Waals surface area contributed by atoms with Gasteiger partial charge in [-0.2, -0.15) is 0 Å². The molecule has 0 saturated heterocycles. The lowest BCUT2D eigenvalue weighted by molar-refractivity contribution is -0.0709. The number of hydrogen-bond donors (Lipinski definition) is 2. The van der Waals surface area contributed by atoms with Crippen LogP contribution in [0.4, 0.5) is 0 Å². The second-order valence-electron chi connectivity index (χ2n) is 13.1. The third-order valence-corrected chi connectivity index (χ3v) is 11.2. The van der Waals surface area contributed by atoms with Crippen molar-refractivity contribution in [2.24, 2.45) is 46.3 Å². The van der Waals surface area contributed by atoms with E-state index in [2.05, 4.69) is 26.8 Å². The molecule has 5 aliphatic rings. The highest BCUT2D eigenvalue weighted by Crippen LogP contribution is 2.67. The molecule has 2 N–H and O–H groups in total. The van der Waals surface area contributed by atoms with Crippen molar-refractivity contribution in [1.29, 1.82) is 0 Å². The van der Waals surface area contributed by atoms with Crippen molar-refractivity contribution in [2.45, 2.75) is 116 Å². The van der Waals surface area contributed by atoms with Crippen molar-refractivity contribution in [3.05, 3.63) is 11.6 Å². The first-order valence-electron chi connectivity index (χ1n) is 13.2. The van der Waals surface area contributed by atoms with Crippen LogP contribution in [-0.2, 0) is 0 Å². The molecule has 0 aromatic heterocycles. The molecule has 0 aliphatic heterocycles. The molecular weight excluding hydrogens is 368 g/mol. The molecule has 2 heteroatoms. The smallest absolute Gasteiger partial charge is 0.0657 e. The average molecular weight is 415 g/mol. The molecule has 30 heavy (non-hydrogen) atoms. The van der Waals surface area contributed by atoms with Crippen LogP contribution in [0, 0.1) is 46.3 Å². The minimum Gasteiger partial charge on any atom is -0.393 e. The lowest BCUT2D eigenvalue weighted by atomic mass is 9.46. The summed E-state index contributed by atoms with van der Waals surface area (Å²) in [7, 11) is 0. The van der Waals surface area contributed by atoms with E-state index in [0.29, 0.717) is 16.7 Å². The van der Waals surface area contributed by atoms with E-state index in [9.17, 15) is 10.2 Å². The number of aliphatic hydroxyl groups is 2. The molecule has 0 heterocycles. The predicted molar refractivity (Wildman–Crippen MR) is 123 cm³/mol. The standard InChI is InChI=1S/C28H46O2/c1-18(5-12-25(29)19-6-7-19)22-10-11-23-21-9-8-20-17-26(2,30)15-16-27(20,3)24(21)13-14-28(22,23)4/h8,18-19,21-25,29-30H,5-7,9-17H2,1-4H3/t18-,21+,22-,23+,24+,25-,26+,27+,28-/m1/s1. The van der Waals surface area contributed by atoms with Gasteiger partial charge >= 0.3 is 0 Å². The molecular formula is C28H46O2. The lowest BCUT2D eigenvalue weighted by Gasteiger charge is -2.59. The van der Waals surface area contributed by atoms with Gasteiger partial charge in [-0.25, -0.2) is 0 Å². The number of fused-ring (bicyclic) bond motifs is 5. The van der Waals surface area contributed by atoms with E-state index >= 15 is 0 Å². The molecule has 9 atom stereocenters. The monoisotopic (exact) mass is 414 g/mol. The normalized spacial score (nSPS) is 50.1. The summed E-state index contributed by atoms with van der Waals surface area (Å²) in [4.78, 5) is 0. The van der Waals surface area contributed by atoms with Gasteiger partial charge < -0.3 is 10.2 Å². The van der Waals surface area contributed by atoms with E-state index in [1.807, 2.05) is 6.92 Å². The molecule has 0 bridgehead atoms. The molecule has 0 aromatic carbocycles. The van der Waals surface area contributed by atoms with Crippen molar-refractivity contribution in [3.8, 4) is 0 Å². The van der Waals surface area contributed by atoms with Gasteiger partial charge in [0.15, 0.2) is 0 Å². The second kappa shape index (κ2) is 7.34. The Morgan fingerprint density at radius 3 is 2.47 bits per heavy atom. The third kappa shape index (κ3) is 3.43. The molecule has 4 saturated carbocycles. The molecule has 0 radical (unpaired) electrons. The second-order valence-corrected chi connectivity index (χ2v) is 13.1. The zero-order valence-corrected chi connectivity index (χ0v) is 20.0. The fourth-order valence-corrected chi connectivity index (χ4v) is 9.13. The highest BCUT2D eigenvalue weighted by Gasteiger charge is 2.59. The van der Waals surface area contributed by atoms with Crippen LogP contribution in [0.15, 0.2) is 11.6 Å². The first kappa shape index (κ1) is 21.5. The largest absolute Gasteiger partial charge is 0.393 e. The van der Waals surface area contributed by atoms with Crippen molar-refractivity contribution >= 4 is 0 Å². The van der Waals surface area contributed by atoms with Gasteiger partial charge in [-0.3, -0.25) is 0 Å². The van der Waals surface area contributed by atoms with Crippen LogP contribution in [0.25, 0.3) is 0 Å². The van der Waals surface area contributed by atoms with Gasteiger partial charge in [0.2, 0.25) is 0 Å². The first-order valence-corrected chi connectivity index (χ1v) is 13.2. The number of hydrogen-bond acceptors (Lipinski definition) is 2. The Kier molecular flexibility index (Phi) is 5.26. The van der Waals surface area contributed by atoms with Gasteiger partial charge in [-0.15, -0.1) is 0 Å². The van der Waals surface area contributed by atoms with E-state index in [0.717, 1.165) is 48.9 Å². The van der Waals surface area contributed by atoms with E-state index in [1.165, 1.54) is 57.8 Å². The van der Waals surface area contributed by atoms with Crippen LogP contribution in [-0.4, -0.2) is 21.9 Å². The van der Waals surface area contributed by atoms with Gasteiger partial charge in [0, 0.05) is 0 Å². The van der Waals surface area contributed by atoms with E-state index in [1.54, 1.807) is 5.57 Å². The summed E-state index contributed by atoms with van der Waals surface area (Å²) in [5, 5.41) is 21.1. The number of aliphatic hydroxyl groups excluding tert-OH is 1. The molecule has 0 spiro atoms. The van der Waals surface area contributed by atoms with Gasteiger partial charge in [0.05, 0.1) is 11.7 Å². The first-order chi connectivity index (χ1) is 14.1. The Morgan fingerprint density at radius 1 is 0.967 bits per heavy atom. The molecule has 0 unspecified atom stereocenters. The van der Waals surface area contributed by atoms with Gasteiger partial charge in [0.1, 0.15) is 0 Å².